The number of halogens is 2. The molecule has 0 aliphatic heterocycles. The number of ether oxygens (including phenoxy) is 1. The van der Waals surface area contributed by atoms with Gasteiger partial charge in [0.05, 0.1) is 11.7 Å². The predicted octanol–water partition coefficient (Wildman–Crippen LogP) is 3.04. The Balaban J connectivity index is 2.09. The van der Waals surface area contributed by atoms with Crippen molar-refractivity contribution in [3.63, 3.8) is 0 Å². The van der Waals surface area contributed by atoms with Gasteiger partial charge in [0.2, 0.25) is 0 Å². The third-order valence-corrected chi connectivity index (χ3v) is 4.55. The minimum Gasteiger partial charge on any atom is -0.381 e. The maximum Gasteiger partial charge on any atom is 0.254 e. The molecule has 1 heterocycles. The van der Waals surface area contributed by atoms with Crippen LogP contribution in [-0.4, -0.2) is 30.1 Å². The summed E-state index contributed by atoms with van der Waals surface area (Å²) in [7, 11) is 1.69. The van der Waals surface area contributed by atoms with Crippen molar-refractivity contribution >= 4 is 33.4 Å². The van der Waals surface area contributed by atoms with Crippen LogP contribution in [0.5, 0.6) is 0 Å². The van der Waals surface area contributed by atoms with Crippen LogP contribution in [0.2, 0.25) is 5.15 Å². The number of nitrogens with zero attached hydrogens (tertiary/aromatic N) is 1. The van der Waals surface area contributed by atoms with Gasteiger partial charge in [0.25, 0.3) is 5.91 Å². The van der Waals surface area contributed by atoms with Crippen LogP contribution in [0.4, 0.5) is 0 Å². The fourth-order valence-electron chi connectivity index (χ4n) is 2.35. The average Bonchev–Trinajstić information content (AvgIpc) is 2.36. The van der Waals surface area contributed by atoms with E-state index in [1.54, 1.807) is 19.4 Å². The summed E-state index contributed by atoms with van der Waals surface area (Å²) in [4.78, 5) is 16.2. The molecule has 1 aromatic heterocycles. The van der Waals surface area contributed by atoms with Crippen LogP contribution >= 0.6 is 27.5 Å². The zero-order chi connectivity index (χ0) is 14.2. The van der Waals surface area contributed by atoms with Crippen LogP contribution in [0.1, 0.15) is 30.6 Å². The molecule has 2 rings (SSSR count). The Labute approximate surface area is 126 Å². The largest absolute Gasteiger partial charge is 0.381 e. The van der Waals surface area contributed by atoms with Crippen LogP contribution in [0, 0.1) is 5.41 Å². The molecule has 2 atom stereocenters. The van der Waals surface area contributed by atoms with E-state index in [2.05, 4.69) is 40.1 Å². The maximum absolute atomic E-state index is 12.2. The smallest absolute Gasteiger partial charge is 0.254 e. The Bertz CT molecular complexity index is 507. The van der Waals surface area contributed by atoms with Gasteiger partial charge in [-0.3, -0.25) is 4.79 Å². The van der Waals surface area contributed by atoms with E-state index >= 15 is 0 Å². The summed E-state index contributed by atoms with van der Waals surface area (Å²) >= 11 is 9.23. The second-order valence-electron chi connectivity index (χ2n) is 5.30. The second-order valence-corrected chi connectivity index (χ2v) is 6.57. The zero-order valence-corrected chi connectivity index (χ0v) is 13.4. The molecular formula is C13H16BrClN2O2. The van der Waals surface area contributed by atoms with Gasteiger partial charge in [0, 0.05) is 29.2 Å². The van der Waals surface area contributed by atoms with E-state index in [1.807, 2.05) is 0 Å². The highest BCUT2D eigenvalue weighted by Gasteiger charge is 2.49. The number of aromatic nitrogens is 1. The molecule has 1 amide bonds. The summed E-state index contributed by atoms with van der Waals surface area (Å²) in [5, 5.41) is 3.20. The summed E-state index contributed by atoms with van der Waals surface area (Å²) in [6.07, 6.45) is 2.55. The molecule has 0 bridgehead atoms. The number of carbonyl (C=O) groups excluding carboxylic acids is 1. The quantitative estimate of drug-likeness (QED) is 0.855. The average molecular weight is 348 g/mol. The maximum atomic E-state index is 12.2. The molecule has 4 nitrogen and oxygen atoms in total. The molecule has 19 heavy (non-hydrogen) atoms. The van der Waals surface area contributed by atoms with E-state index < -0.39 is 0 Å². The van der Waals surface area contributed by atoms with Gasteiger partial charge in [-0.1, -0.05) is 25.4 Å². The molecule has 1 saturated carbocycles. The van der Waals surface area contributed by atoms with Crippen LogP contribution in [0.25, 0.3) is 0 Å². The van der Waals surface area contributed by atoms with E-state index in [-0.39, 0.29) is 28.6 Å². The minimum absolute atomic E-state index is 0.0731. The Morgan fingerprint density at radius 3 is 2.89 bits per heavy atom. The Morgan fingerprint density at radius 2 is 2.32 bits per heavy atom. The topological polar surface area (TPSA) is 51.2 Å². The number of methoxy groups -OCH3 is 1. The molecule has 104 valence electrons. The van der Waals surface area contributed by atoms with Crippen molar-refractivity contribution in [2.24, 2.45) is 5.41 Å². The summed E-state index contributed by atoms with van der Waals surface area (Å²) in [5.74, 6) is -0.202. The van der Waals surface area contributed by atoms with Gasteiger partial charge in [-0.05, 0) is 28.4 Å². The molecule has 0 aromatic carbocycles. The molecule has 1 fully saturated rings. The summed E-state index contributed by atoms with van der Waals surface area (Å²) < 4.78 is 6.09. The monoisotopic (exact) mass is 346 g/mol. The normalized spacial score (nSPS) is 24.7. The van der Waals surface area contributed by atoms with Crippen molar-refractivity contribution in [2.75, 3.05) is 7.11 Å². The van der Waals surface area contributed by atoms with Crippen molar-refractivity contribution in [3.8, 4) is 0 Å². The van der Waals surface area contributed by atoms with Crippen molar-refractivity contribution in [3.05, 3.63) is 27.5 Å². The lowest BCUT2D eigenvalue weighted by molar-refractivity contribution is -0.0942. The number of hydrogen-bond donors (Lipinski definition) is 1. The fraction of sp³-hybridized carbons (Fsp3) is 0.538. The Kier molecular flexibility index (Phi) is 4.18. The van der Waals surface area contributed by atoms with Crippen LogP contribution in [0.15, 0.2) is 16.7 Å². The molecular weight excluding hydrogens is 332 g/mol. The van der Waals surface area contributed by atoms with Gasteiger partial charge in [0.15, 0.2) is 0 Å². The number of nitrogens with one attached hydrogen (secondary N) is 1. The third-order valence-electron chi connectivity index (χ3n) is 3.82. The van der Waals surface area contributed by atoms with Crippen LogP contribution < -0.4 is 5.32 Å². The first-order valence-electron chi connectivity index (χ1n) is 6.01. The van der Waals surface area contributed by atoms with Crippen molar-refractivity contribution in [2.45, 2.75) is 32.4 Å². The lowest BCUT2D eigenvalue weighted by atomic mass is 9.64. The van der Waals surface area contributed by atoms with Gasteiger partial charge in [0.1, 0.15) is 5.15 Å². The second kappa shape index (κ2) is 5.38. The van der Waals surface area contributed by atoms with Crippen molar-refractivity contribution < 1.29 is 9.53 Å². The Hall–Kier alpha value is -0.650. The van der Waals surface area contributed by atoms with E-state index in [9.17, 15) is 4.79 Å². The molecule has 1 aromatic rings. The van der Waals surface area contributed by atoms with Crippen molar-refractivity contribution in [1.82, 2.24) is 10.3 Å². The number of hydrogen-bond acceptors (Lipinski definition) is 3. The first-order valence-corrected chi connectivity index (χ1v) is 7.18. The van der Waals surface area contributed by atoms with Gasteiger partial charge >= 0.3 is 0 Å². The standard InChI is InChI=1S/C13H16BrClN2O2/c1-13(2)9(5-10(13)19-3)17-12(18)8-4-7(14)6-16-11(8)15/h4,6,9-10H,5H2,1-3H3,(H,17,18). The molecule has 0 radical (unpaired) electrons. The van der Waals surface area contributed by atoms with Gasteiger partial charge in [-0.25, -0.2) is 4.98 Å². The number of rotatable bonds is 3. The summed E-state index contributed by atoms with van der Waals surface area (Å²) in [6.45, 7) is 4.16. The van der Waals surface area contributed by atoms with Crippen LogP contribution in [0.3, 0.4) is 0 Å². The fourth-order valence-corrected chi connectivity index (χ4v) is 2.87. The summed E-state index contributed by atoms with van der Waals surface area (Å²) in [6, 6.07) is 1.75. The molecule has 1 aliphatic rings. The SMILES string of the molecule is COC1CC(NC(=O)c2cc(Br)cnc2Cl)C1(C)C. The molecule has 0 saturated heterocycles. The lowest BCUT2D eigenvalue weighted by Crippen LogP contribution is -2.61. The van der Waals surface area contributed by atoms with Crippen LogP contribution in [-0.2, 0) is 4.74 Å². The van der Waals surface area contributed by atoms with E-state index in [4.69, 9.17) is 16.3 Å². The molecule has 0 spiro atoms. The van der Waals surface area contributed by atoms with Gasteiger partial charge in [-0.2, -0.15) is 0 Å². The van der Waals surface area contributed by atoms with Gasteiger partial charge in [-0.15, -0.1) is 0 Å². The molecule has 1 aliphatic carbocycles. The highest BCUT2D eigenvalue weighted by atomic mass is 79.9. The number of carbonyl (C=O) groups is 1. The first kappa shape index (κ1) is 14.8. The molecule has 1 N–H and O–H groups in total. The van der Waals surface area contributed by atoms with E-state index in [0.717, 1.165) is 10.9 Å². The number of amides is 1. The predicted molar refractivity (Wildman–Crippen MR) is 77.4 cm³/mol. The number of pyridine rings is 1. The van der Waals surface area contributed by atoms with E-state index in [1.165, 1.54) is 0 Å². The Morgan fingerprint density at radius 1 is 1.63 bits per heavy atom. The van der Waals surface area contributed by atoms with E-state index in [0.29, 0.717) is 5.56 Å². The third kappa shape index (κ3) is 2.78. The molecule has 2 unspecified atom stereocenters. The summed E-state index contributed by atoms with van der Waals surface area (Å²) in [5.41, 5.74) is 0.309. The highest BCUT2D eigenvalue weighted by molar-refractivity contribution is 9.10. The minimum atomic E-state index is -0.202. The molecule has 6 heteroatoms. The van der Waals surface area contributed by atoms with Crippen molar-refractivity contribution in [1.29, 1.82) is 0 Å². The zero-order valence-electron chi connectivity index (χ0n) is 11.0. The van der Waals surface area contributed by atoms with Gasteiger partial charge < -0.3 is 10.1 Å². The highest BCUT2D eigenvalue weighted by Crippen LogP contribution is 2.42. The first-order chi connectivity index (χ1) is 8.86. The lowest BCUT2D eigenvalue weighted by Gasteiger charge is -2.51.